The van der Waals surface area contributed by atoms with Gasteiger partial charge in [0.2, 0.25) is 5.91 Å². The maximum absolute atomic E-state index is 12.0. The Kier molecular flexibility index (Phi) is 4.59. The molecular weight excluding hydrogens is 236 g/mol. The second-order valence-electron chi connectivity index (χ2n) is 5.80. The molecule has 2 rings (SSSR count). The first kappa shape index (κ1) is 14.1. The van der Waals surface area contributed by atoms with Gasteiger partial charge in [-0.15, -0.1) is 0 Å². The second kappa shape index (κ2) is 6.20. The minimum Gasteiger partial charge on any atom is -0.353 e. The van der Waals surface area contributed by atoms with E-state index in [1.807, 2.05) is 0 Å². The molecular formula is C16H24N2O. The van der Waals surface area contributed by atoms with Crippen LogP contribution >= 0.6 is 0 Å². The number of aryl methyl sites for hydroxylation is 2. The normalized spacial score (nSPS) is 20.3. The molecule has 1 heterocycles. The van der Waals surface area contributed by atoms with E-state index in [0.717, 1.165) is 25.9 Å². The molecule has 0 aliphatic carbocycles. The SMILES string of the molecule is Cc1cc(C)cc(CC(C)NC(=O)C2CCNC2)c1. The molecule has 1 aromatic rings. The Labute approximate surface area is 115 Å². The van der Waals surface area contributed by atoms with E-state index >= 15 is 0 Å². The number of carbonyl (C=O) groups is 1. The van der Waals surface area contributed by atoms with Gasteiger partial charge in [0.05, 0.1) is 5.92 Å². The van der Waals surface area contributed by atoms with Gasteiger partial charge in [-0.2, -0.15) is 0 Å². The molecule has 0 bridgehead atoms. The van der Waals surface area contributed by atoms with Crippen molar-refractivity contribution < 1.29 is 4.79 Å². The molecule has 1 saturated heterocycles. The van der Waals surface area contributed by atoms with Gasteiger partial charge in [0, 0.05) is 12.6 Å². The first-order valence-electron chi connectivity index (χ1n) is 7.13. The van der Waals surface area contributed by atoms with Gasteiger partial charge in [-0.05, 0) is 45.7 Å². The fraction of sp³-hybridized carbons (Fsp3) is 0.562. The van der Waals surface area contributed by atoms with E-state index < -0.39 is 0 Å². The third kappa shape index (κ3) is 4.06. The van der Waals surface area contributed by atoms with E-state index in [2.05, 4.69) is 49.6 Å². The fourth-order valence-corrected chi connectivity index (χ4v) is 2.83. The molecule has 3 nitrogen and oxygen atoms in total. The minimum atomic E-state index is 0.154. The van der Waals surface area contributed by atoms with Crippen LogP contribution in [0.15, 0.2) is 18.2 Å². The number of nitrogens with one attached hydrogen (secondary N) is 2. The van der Waals surface area contributed by atoms with Crippen molar-refractivity contribution in [2.75, 3.05) is 13.1 Å². The average Bonchev–Trinajstić information content (AvgIpc) is 2.80. The highest BCUT2D eigenvalue weighted by Crippen LogP contribution is 2.12. The zero-order valence-electron chi connectivity index (χ0n) is 12.1. The molecule has 3 heteroatoms. The molecule has 0 radical (unpaired) electrons. The molecule has 0 spiro atoms. The number of benzene rings is 1. The van der Waals surface area contributed by atoms with Gasteiger partial charge in [-0.1, -0.05) is 29.3 Å². The first-order chi connectivity index (χ1) is 9.04. The van der Waals surface area contributed by atoms with E-state index in [-0.39, 0.29) is 17.9 Å². The van der Waals surface area contributed by atoms with Crippen molar-refractivity contribution in [3.05, 3.63) is 34.9 Å². The molecule has 2 atom stereocenters. The molecule has 1 aromatic carbocycles. The molecule has 1 aliphatic heterocycles. The van der Waals surface area contributed by atoms with Crippen LogP contribution in [0.4, 0.5) is 0 Å². The molecule has 104 valence electrons. The molecule has 2 unspecified atom stereocenters. The molecule has 1 fully saturated rings. The van der Waals surface area contributed by atoms with Gasteiger partial charge in [0.15, 0.2) is 0 Å². The predicted octanol–water partition coefficient (Wildman–Crippen LogP) is 1.96. The summed E-state index contributed by atoms with van der Waals surface area (Å²) in [5.74, 6) is 0.351. The van der Waals surface area contributed by atoms with Crippen LogP contribution in [0, 0.1) is 19.8 Å². The number of carbonyl (C=O) groups excluding carboxylic acids is 1. The average molecular weight is 260 g/mol. The van der Waals surface area contributed by atoms with Gasteiger partial charge in [-0.25, -0.2) is 0 Å². The largest absolute Gasteiger partial charge is 0.353 e. The van der Waals surface area contributed by atoms with E-state index in [0.29, 0.717) is 0 Å². The van der Waals surface area contributed by atoms with Crippen molar-refractivity contribution in [2.24, 2.45) is 5.92 Å². The summed E-state index contributed by atoms with van der Waals surface area (Å²) in [4.78, 5) is 12.0. The van der Waals surface area contributed by atoms with Gasteiger partial charge in [0.25, 0.3) is 0 Å². The zero-order chi connectivity index (χ0) is 13.8. The number of amides is 1. The summed E-state index contributed by atoms with van der Waals surface area (Å²) >= 11 is 0. The summed E-state index contributed by atoms with van der Waals surface area (Å²) in [6.07, 6.45) is 1.86. The van der Waals surface area contributed by atoms with Crippen LogP contribution in [-0.2, 0) is 11.2 Å². The van der Waals surface area contributed by atoms with Crippen molar-refractivity contribution in [1.29, 1.82) is 0 Å². The fourth-order valence-electron chi connectivity index (χ4n) is 2.83. The Morgan fingerprint density at radius 2 is 2.05 bits per heavy atom. The lowest BCUT2D eigenvalue weighted by Gasteiger charge is -2.17. The van der Waals surface area contributed by atoms with Crippen molar-refractivity contribution in [3.8, 4) is 0 Å². The van der Waals surface area contributed by atoms with Crippen LogP contribution in [0.5, 0.6) is 0 Å². The maximum Gasteiger partial charge on any atom is 0.224 e. The monoisotopic (exact) mass is 260 g/mol. The lowest BCUT2D eigenvalue weighted by atomic mass is 10.0. The molecule has 19 heavy (non-hydrogen) atoms. The summed E-state index contributed by atoms with van der Waals surface area (Å²) in [6.45, 7) is 8.09. The van der Waals surface area contributed by atoms with Gasteiger partial charge < -0.3 is 10.6 Å². The highest BCUT2D eigenvalue weighted by atomic mass is 16.2. The summed E-state index contributed by atoms with van der Waals surface area (Å²) < 4.78 is 0. The van der Waals surface area contributed by atoms with E-state index in [4.69, 9.17) is 0 Å². The van der Waals surface area contributed by atoms with Crippen molar-refractivity contribution in [1.82, 2.24) is 10.6 Å². The Bertz CT molecular complexity index is 430. The maximum atomic E-state index is 12.0. The third-order valence-electron chi connectivity index (χ3n) is 3.64. The molecule has 1 amide bonds. The van der Waals surface area contributed by atoms with Crippen LogP contribution in [0.3, 0.4) is 0 Å². The Morgan fingerprint density at radius 3 is 2.63 bits per heavy atom. The van der Waals surface area contributed by atoms with Gasteiger partial charge in [-0.3, -0.25) is 4.79 Å². The van der Waals surface area contributed by atoms with Crippen molar-refractivity contribution >= 4 is 5.91 Å². The van der Waals surface area contributed by atoms with Crippen LogP contribution in [0.25, 0.3) is 0 Å². The lowest BCUT2D eigenvalue weighted by molar-refractivity contribution is -0.125. The Balaban J connectivity index is 1.89. The van der Waals surface area contributed by atoms with E-state index in [1.165, 1.54) is 16.7 Å². The number of hydrogen-bond donors (Lipinski definition) is 2. The standard InChI is InChI=1S/C16H24N2O/c1-11-6-12(2)8-14(7-11)9-13(3)18-16(19)15-4-5-17-10-15/h6-8,13,15,17H,4-5,9-10H2,1-3H3,(H,18,19). The van der Waals surface area contributed by atoms with Gasteiger partial charge in [0.1, 0.15) is 0 Å². The van der Waals surface area contributed by atoms with Crippen LogP contribution < -0.4 is 10.6 Å². The number of rotatable bonds is 4. The topological polar surface area (TPSA) is 41.1 Å². The smallest absolute Gasteiger partial charge is 0.224 e. The molecule has 0 aromatic heterocycles. The summed E-state index contributed by atoms with van der Waals surface area (Å²) in [5, 5.41) is 6.36. The van der Waals surface area contributed by atoms with Crippen molar-refractivity contribution in [3.63, 3.8) is 0 Å². The highest BCUT2D eigenvalue weighted by molar-refractivity contribution is 5.79. The zero-order valence-corrected chi connectivity index (χ0v) is 12.1. The van der Waals surface area contributed by atoms with E-state index in [9.17, 15) is 4.79 Å². The third-order valence-corrected chi connectivity index (χ3v) is 3.64. The Hall–Kier alpha value is -1.35. The van der Waals surface area contributed by atoms with Crippen LogP contribution in [-0.4, -0.2) is 25.0 Å². The van der Waals surface area contributed by atoms with Crippen LogP contribution in [0.2, 0.25) is 0 Å². The molecule has 2 N–H and O–H groups in total. The lowest BCUT2D eigenvalue weighted by Crippen LogP contribution is -2.39. The highest BCUT2D eigenvalue weighted by Gasteiger charge is 2.23. The minimum absolute atomic E-state index is 0.154. The quantitative estimate of drug-likeness (QED) is 0.869. The van der Waals surface area contributed by atoms with Crippen LogP contribution in [0.1, 0.15) is 30.0 Å². The summed E-state index contributed by atoms with van der Waals surface area (Å²) in [7, 11) is 0. The van der Waals surface area contributed by atoms with E-state index in [1.54, 1.807) is 0 Å². The Morgan fingerprint density at radius 1 is 1.37 bits per heavy atom. The van der Waals surface area contributed by atoms with Gasteiger partial charge >= 0.3 is 0 Å². The second-order valence-corrected chi connectivity index (χ2v) is 5.80. The van der Waals surface area contributed by atoms with Crippen molar-refractivity contribution in [2.45, 2.75) is 39.7 Å². The predicted molar refractivity (Wildman–Crippen MR) is 78.2 cm³/mol. The number of hydrogen-bond acceptors (Lipinski definition) is 2. The summed E-state index contributed by atoms with van der Waals surface area (Å²) in [6, 6.07) is 6.77. The first-order valence-corrected chi connectivity index (χ1v) is 7.13. The molecule has 1 aliphatic rings. The summed E-state index contributed by atoms with van der Waals surface area (Å²) in [5.41, 5.74) is 3.87. The molecule has 0 saturated carbocycles.